The van der Waals surface area contributed by atoms with Crippen molar-refractivity contribution in [3.05, 3.63) is 77.4 Å². The normalized spacial score (nSPS) is 11.9. The number of pyridine rings is 1. The van der Waals surface area contributed by atoms with E-state index in [-0.39, 0.29) is 30.1 Å². The van der Waals surface area contributed by atoms with Gasteiger partial charge in [0.25, 0.3) is 5.56 Å². The van der Waals surface area contributed by atoms with Crippen molar-refractivity contribution in [3.63, 3.8) is 0 Å². The maximum Gasteiger partial charge on any atom is 0.265 e. The van der Waals surface area contributed by atoms with Crippen molar-refractivity contribution in [2.45, 2.75) is 0 Å². The highest BCUT2D eigenvalue weighted by Gasteiger charge is 2.21. The van der Waals surface area contributed by atoms with Crippen LogP contribution in [0.1, 0.15) is 0 Å². The van der Waals surface area contributed by atoms with Gasteiger partial charge in [-0.1, -0.05) is 0 Å². The van der Waals surface area contributed by atoms with Crippen molar-refractivity contribution >= 4 is 33.4 Å². The molecular formula is C24H23FN4O5S. The molecule has 2 heterocycles. The third kappa shape index (κ3) is 5.15. The van der Waals surface area contributed by atoms with Crippen LogP contribution in [-0.4, -0.2) is 52.4 Å². The Morgan fingerprint density at radius 3 is 2.66 bits per heavy atom. The zero-order valence-electron chi connectivity index (χ0n) is 19.3. The van der Waals surface area contributed by atoms with Crippen molar-refractivity contribution in [2.75, 3.05) is 38.5 Å². The van der Waals surface area contributed by atoms with Crippen molar-refractivity contribution in [2.24, 2.45) is 0 Å². The van der Waals surface area contributed by atoms with E-state index < -0.39 is 16.9 Å². The summed E-state index contributed by atoms with van der Waals surface area (Å²) in [6.07, 6.45) is 6.02. The molecule has 35 heavy (non-hydrogen) atoms. The van der Waals surface area contributed by atoms with E-state index in [9.17, 15) is 9.00 Å². The van der Waals surface area contributed by atoms with Gasteiger partial charge in [0.15, 0.2) is 22.6 Å². The predicted octanol–water partition coefficient (Wildman–Crippen LogP) is 3.39. The number of aromatic nitrogens is 3. The summed E-state index contributed by atoms with van der Waals surface area (Å²) in [5.41, 5.74) is 1.38. The summed E-state index contributed by atoms with van der Waals surface area (Å²) in [6, 6.07) is 11.5. The van der Waals surface area contributed by atoms with Crippen LogP contribution in [0.25, 0.3) is 16.6 Å². The molecule has 0 saturated carbocycles. The Morgan fingerprint density at radius 2 is 1.97 bits per heavy atom. The Kier molecular flexibility index (Phi) is 7.37. The molecule has 9 nitrogen and oxygen atoms in total. The molecule has 1 unspecified atom stereocenters. The minimum atomic E-state index is -1.50. The molecule has 0 bridgehead atoms. The van der Waals surface area contributed by atoms with E-state index in [0.29, 0.717) is 28.0 Å². The number of methoxy groups -OCH3 is 2. The zero-order valence-corrected chi connectivity index (χ0v) is 20.1. The lowest BCUT2D eigenvalue weighted by molar-refractivity contribution is 0.358. The van der Waals surface area contributed by atoms with Gasteiger partial charge < -0.3 is 14.4 Å². The lowest BCUT2D eigenvalue weighted by atomic mass is 10.1. The van der Waals surface area contributed by atoms with E-state index in [0.717, 1.165) is 0 Å². The summed E-state index contributed by atoms with van der Waals surface area (Å²) >= 11 is -1.50. The third-order valence-electron chi connectivity index (χ3n) is 5.28. The Hall–Kier alpha value is -3.83. The molecule has 0 aliphatic heterocycles. The van der Waals surface area contributed by atoms with Crippen LogP contribution >= 0.6 is 0 Å². The van der Waals surface area contributed by atoms with Gasteiger partial charge in [0.05, 0.1) is 49.3 Å². The van der Waals surface area contributed by atoms with Gasteiger partial charge >= 0.3 is 0 Å². The highest BCUT2D eigenvalue weighted by atomic mass is 32.2. The fraction of sp³-hybridized carbons (Fsp3) is 0.208. The number of halogens is 1. The maximum absolute atomic E-state index is 15.4. The molecule has 4 rings (SSSR count). The van der Waals surface area contributed by atoms with Crippen LogP contribution < -0.4 is 19.9 Å². The quantitative estimate of drug-likeness (QED) is 0.347. The molecule has 0 spiro atoms. The molecule has 0 radical (unpaired) electrons. The second kappa shape index (κ2) is 10.6. The summed E-state index contributed by atoms with van der Waals surface area (Å²) in [4.78, 5) is 23.4. The van der Waals surface area contributed by atoms with Gasteiger partial charge in [-0.2, -0.15) is 0 Å². The maximum atomic E-state index is 15.4. The minimum Gasteiger partial charge on any atom is -0.497 e. The molecule has 0 amide bonds. The van der Waals surface area contributed by atoms with Gasteiger partial charge in [0.2, 0.25) is 0 Å². The molecule has 0 fully saturated rings. The first kappa shape index (κ1) is 24.3. The van der Waals surface area contributed by atoms with Crippen LogP contribution in [0.5, 0.6) is 11.5 Å². The highest BCUT2D eigenvalue weighted by molar-refractivity contribution is 7.79. The van der Waals surface area contributed by atoms with Crippen molar-refractivity contribution < 1.29 is 22.3 Å². The van der Waals surface area contributed by atoms with Crippen LogP contribution in [0.15, 0.2) is 66.0 Å². The third-order valence-corrected chi connectivity index (χ3v) is 5.78. The summed E-state index contributed by atoms with van der Waals surface area (Å²) in [6.45, 7) is 0.169. The molecule has 0 N–H and O–H groups in total. The van der Waals surface area contributed by atoms with Gasteiger partial charge in [-0.25, -0.2) is 13.6 Å². The first-order valence-corrected chi connectivity index (χ1v) is 12.0. The van der Waals surface area contributed by atoms with E-state index in [1.165, 1.54) is 43.5 Å². The molecule has 182 valence electrons. The van der Waals surface area contributed by atoms with Crippen molar-refractivity contribution in [3.8, 4) is 17.2 Å². The lowest BCUT2D eigenvalue weighted by Gasteiger charge is -2.26. The molecular weight excluding hydrogens is 475 g/mol. The average molecular weight is 499 g/mol. The van der Waals surface area contributed by atoms with Gasteiger partial charge in [-0.3, -0.25) is 18.5 Å². The Labute approximate surface area is 203 Å². The Balaban J connectivity index is 1.87. The SMILES string of the molecule is COc1cc(OC)c(F)c(N(CCOS(C)=O)c2ccc3ncn(-c4cccnc4)c(=O)c3c2)c1. The second-order valence-electron chi connectivity index (χ2n) is 7.37. The van der Waals surface area contributed by atoms with E-state index in [4.69, 9.17) is 13.7 Å². The van der Waals surface area contributed by atoms with E-state index >= 15 is 4.39 Å². The average Bonchev–Trinajstić information content (AvgIpc) is 2.87. The molecule has 2 aromatic heterocycles. The largest absolute Gasteiger partial charge is 0.497 e. The first-order chi connectivity index (χ1) is 16.9. The fourth-order valence-electron chi connectivity index (χ4n) is 3.61. The lowest BCUT2D eigenvalue weighted by Crippen LogP contribution is -2.25. The van der Waals surface area contributed by atoms with E-state index in [1.807, 2.05) is 0 Å². The zero-order chi connectivity index (χ0) is 24.9. The monoisotopic (exact) mass is 498 g/mol. The standard InChI is InChI=1S/C24H23FN4O5S/c1-32-18-12-21(23(25)22(13-18)33-2)28(9-10-34-35(3)31)16-6-7-20-19(11-16)24(30)29(15-27-20)17-5-4-8-26-14-17/h4-8,11-15H,9-10H2,1-3H3. The van der Waals surface area contributed by atoms with E-state index in [1.54, 1.807) is 47.6 Å². The molecule has 1 atom stereocenters. The number of hydrogen-bond acceptors (Lipinski definition) is 8. The molecule has 0 aliphatic rings. The summed E-state index contributed by atoms with van der Waals surface area (Å²) < 4.78 is 43.9. The summed E-state index contributed by atoms with van der Waals surface area (Å²) in [5.74, 6) is -0.250. The van der Waals surface area contributed by atoms with Crippen LogP contribution in [0.4, 0.5) is 15.8 Å². The number of hydrogen-bond donors (Lipinski definition) is 0. The second-order valence-corrected chi connectivity index (χ2v) is 8.41. The van der Waals surface area contributed by atoms with Gasteiger partial charge in [-0.05, 0) is 30.3 Å². The number of benzene rings is 2. The molecule has 0 saturated heterocycles. The molecule has 11 heteroatoms. The van der Waals surface area contributed by atoms with Gasteiger partial charge in [-0.15, -0.1) is 0 Å². The summed E-state index contributed by atoms with van der Waals surface area (Å²) in [7, 11) is 2.82. The molecule has 2 aromatic carbocycles. The molecule has 0 aliphatic carbocycles. The smallest absolute Gasteiger partial charge is 0.265 e. The van der Waals surface area contributed by atoms with Crippen molar-refractivity contribution in [1.82, 2.24) is 14.5 Å². The fourth-order valence-corrected chi connectivity index (χ4v) is 3.92. The Bertz CT molecular complexity index is 1430. The van der Waals surface area contributed by atoms with Crippen LogP contribution in [0.3, 0.4) is 0 Å². The van der Waals surface area contributed by atoms with Crippen LogP contribution in [0.2, 0.25) is 0 Å². The molecule has 4 aromatic rings. The number of anilines is 2. The predicted molar refractivity (Wildman–Crippen MR) is 132 cm³/mol. The number of fused-ring (bicyclic) bond motifs is 1. The highest BCUT2D eigenvalue weighted by Crippen LogP contribution is 2.37. The number of nitrogens with zero attached hydrogens (tertiary/aromatic N) is 4. The first-order valence-electron chi connectivity index (χ1n) is 10.5. The number of rotatable bonds is 9. The Morgan fingerprint density at radius 1 is 1.14 bits per heavy atom. The topological polar surface area (TPSA) is 95.8 Å². The van der Waals surface area contributed by atoms with Crippen LogP contribution in [-0.2, 0) is 15.3 Å². The van der Waals surface area contributed by atoms with E-state index in [2.05, 4.69) is 9.97 Å². The van der Waals surface area contributed by atoms with Crippen LogP contribution in [0, 0.1) is 5.82 Å². The number of ether oxygens (including phenoxy) is 2. The van der Waals surface area contributed by atoms with Gasteiger partial charge in [0.1, 0.15) is 12.1 Å². The minimum absolute atomic E-state index is 0.00859. The van der Waals surface area contributed by atoms with Gasteiger partial charge in [0, 0.05) is 36.8 Å². The summed E-state index contributed by atoms with van der Waals surface area (Å²) in [5, 5.41) is 0.328. The van der Waals surface area contributed by atoms with Crippen molar-refractivity contribution in [1.29, 1.82) is 0 Å².